The molecule has 4 heteroatoms. The molecule has 1 aromatic heterocycles. The highest BCUT2D eigenvalue weighted by Gasteiger charge is 2.24. The van der Waals surface area contributed by atoms with Crippen molar-refractivity contribution < 1.29 is 4.79 Å². The first-order chi connectivity index (χ1) is 7.83. The average Bonchev–Trinajstić information content (AvgIpc) is 2.61. The van der Waals surface area contributed by atoms with Crippen LogP contribution >= 0.6 is 0 Å². The number of carbonyl (C=O) groups excluding carboxylic acids is 1. The van der Waals surface area contributed by atoms with Gasteiger partial charge in [-0.2, -0.15) is 0 Å². The van der Waals surface area contributed by atoms with Crippen LogP contribution in [-0.2, 0) is 4.79 Å². The number of carbonyl (C=O) groups is 1. The van der Waals surface area contributed by atoms with E-state index in [1.54, 1.807) is 0 Å². The molecule has 1 aromatic carbocycles. The van der Waals surface area contributed by atoms with Crippen LogP contribution in [0.5, 0.6) is 0 Å². The first-order valence-corrected chi connectivity index (χ1v) is 5.42. The Morgan fingerprint density at radius 2 is 2.19 bits per heavy atom. The Morgan fingerprint density at radius 1 is 1.31 bits per heavy atom. The Bertz CT molecular complexity index is 528. The zero-order valence-electron chi connectivity index (χ0n) is 8.79. The summed E-state index contributed by atoms with van der Waals surface area (Å²) in [6.07, 6.45) is 1.89. The van der Waals surface area contributed by atoms with Gasteiger partial charge in [0.1, 0.15) is 0 Å². The lowest BCUT2D eigenvalue weighted by atomic mass is 10.0. The van der Waals surface area contributed by atoms with Crippen molar-refractivity contribution in [1.82, 2.24) is 10.3 Å². The summed E-state index contributed by atoms with van der Waals surface area (Å²) in [6, 6.07) is 7.87. The van der Waals surface area contributed by atoms with Crippen molar-refractivity contribution in [3.05, 3.63) is 30.5 Å². The molecule has 1 aliphatic heterocycles. The van der Waals surface area contributed by atoms with Gasteiger partial charge in [-0.3, -0.25) is 4.79 Å². The van der Waals surface area contributed by atoms with Gasteiger partial charge < -0.3 is 15.6 Å². The van der Waals surface area contributed by atoms with Gasteiger partial charge in [-0.05, 0) is 24.3 Å². The van der Waals surface area contributed by atoms with Crippen molar-refractivity contribution in [2.45, 2.75) is 0 Å². The number of benzene rings is 1. The van der Waals surface area contributed by atoms with E-state index in [1.165, 1.54) is 0 Å². The predicted octanol–water partition coefficient (Wildman–Crippen LogP) is 1.33. The van der Waals surface area contributed by atoms with Crippen molar-refractivity contribution in [2.75, 3.05) is 18.4 Å². The summed E-state index contributed by atoms with van der Waals surface area (Å²) in [7, 11) is 0. The van der Waals surface area contributed by atoms with Crippen LogP contribution in [0.4, 0.5) is 5.69 Å². The molecule has 2 aromatic rings. The van der Waals surface area contributed by atoms with Gasteiger partial charge in [-0.1, -0.05) is 0 Å². The number of nitrogens with one attached hydrogen (secondary N) is 3. The molecule has 0 unspecified atom stereocenters. The van der Waals surface area contributed by atoms with E-state index in [0.717, 1.165) is 29.7 Å². The molecule has 1 fully saturated rings. The normalized spacial score (nSPS) is 16.0. The topological polar surface area (TPSA) is 56.9 Å². The Balaban J connectivity index is 1.80. The van der Waals surface area contributed by atoms with Gasteiger partial charge in [0.05, 0.1) is 5.92 Å². The minimum Gasteiger partial charge on any atom is -0.361 e. The van der Waals surface area contributed by atoms with Crippen molar-refractivity contribution in [3.8, 4) is 0 Å². The molecule has 3 N–H and O–H groups in total. The average molecular weight is 215 g/mol. The number of H-pyrrole nitrogens is 1. The number of aromatic nitrogens is 1. The number of aromatic amines is 1. The molecule has 0 radical (unpaired) electrons. The van der Waals surface area contributed by atoms with E-state index in [0.29, 0.717) is 0 Å². The summed E-state index contributed by atoms with van der Waals surface area (Å²) in [5.74, 6) is 0.232. The Morgan fingerprint density at radius 3 is 2.94 bits per heavy atom. The maximum absolute atomic E-state index is 11.7. The lowest BCUT2D eigenvalue weighted by Gasteiger charge is -2.25. The molecular weight excluding hydrogens is 202 g/mol. The van der Waals surface area contributed by atoms with E-state index >= 15 is 0 Å². The van der Waals surface area contributed by atoms with Gasteiger partial charge in [0, 0.05) is 35.9 Å². The van der Waals surface area contributed by atoms with Crippen LogP contribution in [0.2, 0.25) is 0 Å². The summed E-state index contributed by atoms with van der Waals surface area (Å²) in [5, 5.41) is 7.14. The van der Waals surface area contributed by atoms with Crippen LogP contribution < -0.4 is 10.6 Å². The van der Waals surface area contributed by atoms with Crippen molar-refractivity contribution in [2.24, 2.45) is 5.92 Å². The number of rotatable bonds is 2. The fraction of sp³-hybridized carbons (Fsp3) is 0.250. The van der Waals surface area contributed by atoms with Gasteiger partial charge in [0.2, 0.25) is 5.91 Å². The maximum atomic E-state index is 11.7. The van der Waals surface area contributed by atoms with Gasteiger partial charge in [0.15, 0.2) is 0 Å². The lowest BCUT2D eigenvalue weighted by molar-refractivity contribution is -0.121. The largest absolute Gasteiger partial charge is 0.361 e. The van der Waals surface area contributed by atoms with E-state index in [9.17, 15) is 4.79 Å². The van der Waals surface area contributed by atoms with Crippen LogP contribution in [0, 0.1) is 5.92 Å². The zero-order valence-corrected chi connectivity index (χ0v) is 8.79. The molecule has 0 bridgehead atoms. The molecule has 1 amide bonds. The second-order valence-electron chi connectivity index (χ2n) is 4.12. The monoisotopic (exact) mass is 215 g/mol. The molecule has 16 heavy (non-hydrogen) atoms. The molecule has 0 saturated carbocycles. The minimum absolute atomic E-state index is 0.105. The van der Waals surface area contributed by atoms with Crippen LogP contribution in [-0.4, -0.2) is 24.0 Å². The fourth-order valence-electron chi connectivity index (χ4n) is 1.85. The molecule has 0 spiro atoms. The number of hydrogen-bond donors (Lipinski definition) is 3. The van der Waals surface area contributed by atoms with E-state index in [4.69, 9.17) is 0 Å². The van der Waals surface area contributed by atoms with Crippen molar-refractivity contribution in [3.63, 3.8) is 0 Å². The summed E-state index contributed by atoms with van der Waals surface area (Å²) in [4.78, 5) is 14.8. The van der Waals surface area contributed by atoms with Gasteiger partial charge in [0.25, 0.3) is 0 Å². The molecule has 82 valence electrons. The Labute approximate surface area is 93.0 Å². The molecule has 4 nitrogen and oxygen atoms in total. The van der Waals surface area contributed by atoms with Crippen LogP contribution in [0.15, 0.2) is 30.5 Å². The third-order valence-electron chi connectivity index (χ3n) is 2.97. The SMILES string of the molecule is O=C(Nc1ccc2[nH]ccc2c1)C1CNC1. The van der Waals surface area contributed by atoms with Gasteiger partial charge in [-0.15, -0.1) is 0 Å². The molecule has 1 aliphatic rings. The Kier molecular flexibility index (Phi) is 2.15. The number of hydrogen-bond acceptors (Lipinski definition) is 2. The third kappa shape index (κ3) is 1.57. The first kappa shape index (κ1) is 9.42. The molecular formula is C12H13N3O. The zero-order chi connectivity index (χ0) is 11.0. The third-order valence-corrected chi connectivity index (χ3v) is 2.97. The highest BCUT2D eigenvalue weighted by atomic mass is 16.2. The van der Waals surface area contributed by atoms with Crippen LogP contribution in [0.3, 0.4) is 0 Å². The maximum Gasteiger partial charge on any atom is 0.230 e. The van der Waals surface area contributed by atoms with E-state index in [2.05, 4.69) is 15.6 Å². The van der Waals surface area contributed by atoms with Crippen LogP contribution in [0.1, 0.15) is 0 Å². The summed E-state index contributed by atoms with van der Waals surface area (Å²) < 4.78 is 0. The summed E-state index contributed by atoms with van der Waals surface area (Å²) in [5.41, 5.74) is 1.95. The molecule has 0 aliphatic carbocycles. The number of anilines is 1. The molecule has 2 heterocycles. The lowest BCUT2D eigenvalue weighted by Crippen LogP contribution is -2.48. The van der Waals surface area contributed by atoms with Crippen molar-refractivity contribution in [1.29, 1.82) is 0 Å². The quantitative estimate of drug-likeness (QED) is 0.707. The minimum atomic E-state index is 0.105. The second kappa shape index (κ2) is 3.64. The standard InChI is InChI=1S/C12H13N3O/c16-12(9-6-13-7-9)15-10-1-2-11-8(5-10)3-4-14-11/h1-5,9,13-14H,6-7H2,(H,15,16). The highest BCUT2D eigenvalue weighted by molar-refractivity contribution is 5.95. The molecule has 1 saturated heterocycles. The predicted molar refractivity (Wildman–Crippen MR) is 63.3 cm³/mol. The molecule has 3 rings (SSSR count). The fourth-order valence-corrected chi connectivity index (χ4v) is 1.85. The molecule has 0 atom stereocenters. The first-order valence-electron chi connectivity index (χ1n) is 5.42. The Hall–Kier alpha value is -1.81. The summed E-state index contributed by atoms with van der Waals surface area (Å²) in [6.45, 7) is 1.58. The van der Waals surface area contributed by atoms with Gasteiger partial charge in [-0.25, -0.2) is 0 Å². The smallest absolute Gasteiger partial charge is 0.230 e. The van der Waals surface area contributed by atoms with E-state index in [-0.39, 0.29) is 11.8 Å². The van der Waals surface area contributed by atoms with Crippen molar-refractivity contribution >= 4 is 22.5 Å². The van der Waals surface area contributed by atoms with Crippen LogP contribution in [0.25, 0.3) is 10.9 Å². The highest BCUT2D eigenvalue weighted by Crippen LogP contribution is 2.18. The second-order valence-corrected chi connectivity index (χ2v) is 4.12. The summed E-state index contributed by atoms with van der Waals surface area (Å²) >= 11 is 0. The number of amides is 1. The van der Waals surface area contributed by atoms with Gasteiger partial charge >= 0.3 is 0 Å². The van der Waals surface area contributed by atoms with E-state index < -0.39 is 0 Å². The number of fused-ring (bicyclic) bond motifs is 1. The van der Waals surface area contributed by atoms with E-state index in [1.807, 2.05) is 30.5 Å².